The third kappa shape index (κ3) is 1.75. The van der Waals surface area contributed by atoms with E-state index in [1.807, 2.05) is 14.0 Å². The van der Waals surface area contributed by atoms with Gasteiger partial charge >= 0.3 is 0 Å². The normalized spacial score (nSPS) is 11.2. The fraction of sp³-hybridized carbons (Fsp3) is 0.273. The highest BCUT2D eigenvalue weighted by molar-refractivity contribution is 7.19. The molecule has 1 heterocycles. The van der Waals surface area contributed by atoms with Crippen LogP contribution in [0.25, 0.3) is 10.1 Å². The number of thiophene rings is 1. The molecule has 0 saturated heterocycles. The molecular weight excluding hydrogens is 216 g/mol. The summed E-state index contributed by atoms with van der Waals surface area (Å²) in [6.45, 7) is 2.58. The Morgan fingerprint density at radius 1 is 1.33 bits per heavy atom. The van der Waals surface area contributed by atoms with Crippen LogP contribution in [-0.2, 0) is 6.54 Å². The second-order valence-corrected chi connectivity index (χ2v) is 4.55. The summed E-state index contributed by atoms with van der Waals surface area (Å²) in [7, 11) is 1.83. The van der Waals surface area contributed by atoms with Gasteiger partial charge in [0.15, 0.2) is 0 Å². The molecule has 1 nitrogen and oxygen atoms in total. The van der Waals surface area contributed by atoms with E-state index in [4.69, 9.17) is 0 Å². The van der Waals surface area contributed by atoms with Gasteiger partial charge in [-0.2, -0.15) is 0 Å². The summed E-state index contributed by atoms with van der Waals surface area (Å²) in [6, 6.07) is 2.32. The second kappa shape index (κ2) is 3.87. The maximum atomic E-state index is 13.4. The average Bonchev–Trinajstić information content (AvgIpc) is 2.47. The topological polar surface area (TPSA) is 12.0 Å². The van der Waals surface area contributed by atoms with Crippen molar-refractivity contribution in [1.82, 2.24) is 5.32 Å². The first-order valence-electron chi connectivity index (χ1n) is 4.65. The fourth-order valence-electron chi connectivity index (χ4n) is 1.62. The molecule has 15 heavy (non-hydrogen) atoms. The third-order valence-corrected chi connectivity index (χ3v) is 3.71. The van der Waals surface area contributed by atoms with Gasteiger partial charge in [-0.1, -0.05) is 0 Å². The Balaban J connectivity index is 2.70. The van der Waals surface area contributed by atoms with Crippen LogP contribution in [0.3, 0.4) is 0 Å². The molecule has 0 fully saturated rings. The van der Waals surface area contributed by atoms with Gasteiger partial charge in [0.25, 0.3) is 0 Å². The molecule has 0 bridgehead atoms. The van der Waals surface area contributed by atoms with E-state index in [-0.39, 0.29) is 0 Å². The highest BCUT2D eigenvalue weighted by atomic mass is 32.1. The molecule has 2 aromatic rings. The Kier molecular flexibility index (Phi) is 2.71. The number of halogens is 2. The van der Waals surface area contributed by atoms with Crippen molar-refractivity contribution >= 4 is 21.4 Å². The third-order valence-electron chi connectivity index (χ3n) is 2.39. The van der Waals surface area contributed by atoms with Crippen LogP contribution in [0.5, 0.6) is 0 Å². The monoisotopic (exact) mass is 227 g/mol. The molecule has 1 aromatic carbocycles. The van der Waals surface area contributed by atoms with Crippen molar-refractivity contribution in [3.05, 3.63) is 34.2 Å². The van der Waals surface area contributed by atoms with E-state index in [0.29, 0.717) is 16.6 Å². The van der Waals surface area contributed by atoms with Crippen LogP contribution in [0.4, 0.5) is 8.78 Å². The molecule has 80 valence electrons. The SMILES string of the molecule is CNCc1sc2c(F)cc(F)cc2c1C. The Labute approximate surface area is 90.7 Å². The summed E-state index contributed by atoms with van der Waals surface area (Å²) >= 11 is 1.38. The number of rotatable bonds is 2. The van der Waals surface area contributed by atoms with Crippen LogP contribution in [0.1, 0.15) is 10.4 Å². The van der Waals surface area contributed by atoms with E-state index in [9.17, 15) is 8.78 Å². The highest BCUT2D eigenvalue weighted by Gasteiger charge is 2.12. The molecule has 0 unspecified atom stereocenters. The van der Waals surface area contributed by atoms with Crippen LogP contribution < -0.4 is 5.32 Å². The molecule has 0 aliphatic rings. The molecule has 1 aromatic heterocycles. The van der Waals surface area contributed by atoms with E-state index >= 15 is 0 Å². The Hall–Kier alpha value is -1.00. The van der Waals surface area contributed by atoms with Crippen LogP contribution >= 0.6 is 11.3 Å². The molecule has 0 aliphatic heterocycles. The minimum atomic E-state index is -0.517. The maximum absolute atomic E-state index is 13.4. The molecule has 0 spiro atoms. The van der Waals surface area contributed by atoms with Crippen molar-refractivity contribution < 1.29 is 8.78 Å². The standard InChI is InChI=1S/C11H11F2NS/c1-6-8-3-7(12)4-9(13)11(8)15-10(6)5-14-2/h3-4,14H,5H2,1-2H3. The van der Waals surface area contributed by atoms with Crippen molar-refractivity contribution in [2.24, 2.45) is 0 Å². The zero-order valence-corrected chi connectivity index (χ0v) is 9.34. The first kappa shape index (κ1) is 10.5. The van der Waals surface area contributed by atoms with Crippen molar-refractivity contribution in [2.75, 3.05) is 7.05 Å². The van der Waals surface area contributed by atoms with Gasteiger partial charge in [0.2, 0.25) is 0 Å². The van der Waals surface area contributed by atoms with E-state index in [2.05, 4.69) is 5.32 Å². The van der Waals surface area contributed by atoms with E-state index in [1.54, 1.807) is 0 Å². The Bertz CT molecular complexity index is 505. The van der Waals surface area contributed by atoms with Crippen LogP contribution in [0.15, 0.2) is 12.1 Å². The Morgan fingerprint density at radius 2 is 2.07 bits per heavy atom. The summed E-state index contributed by atoms with van der Waals surface area (Å²) in [6.07, 6.45) is 0. The summed E-state index contributed by atoms with van der Waals surface area (Å²) < 4.78 is 27.0. The summed E-state index contributed by atoms with van der Waals surface area (Å²) in [5, 5.41) is 3.70. The van der Waals surface area contributed by atoms with Gasteiger partial charge in [-0.05, 0) is 25.6 Å². The fourth-order valence-corrected chi connectivity index (χ4v) is 2.83. The summed E-state index contributed by atoms with van der Waals surface area (Å²) in [5.41, 5.74) is 0.961. The number of benzene rings is 1. The first-order valence-corrected chi connectivity index (χ1v) is 5.46. The zero-order chi connectivity index (χ0) is 11.0. The number of hydrogen-bond acceptors (Lipinski definition) is 2. The minimum Gasteiger partial charge on any atom is -0.315 e. The van der Waals surface area contributed by atoms with E-state index < -0.39 is 11.6 Å². The second-order valence-electron chi connectivity index (χ2n) is 3.44. The van der Waals surface area contributed by atoms with Crippen molar-refractivity contribution in [3.8, 4) is 0 Å². The van der Waals surface area contributed by atoms with Crippen LogP contribution in [-0.4, -0.2) is 7.05 Å². The lowest BCUT2D eigenvalue weighted by atomic mass is 10.1. The zero-order valence-electron chi connectivity index (χ0n) is 8.53. The smallest absolute Gasteiger partial charge is 0.143 e. The molecule has 0 atom stereocenters. The molecule has 0 radical (unpaired) electrons. The summed E-state index contributed by atoms with van der Waals surface area (Å²) in [4.78, 5) is 1.05. The molecule has 1 N–H and O–H groups in total. The lowest BCUT2D eigenvalue weighted by molar-refractivity contribution is 0.593. The van der Waals surface area contributed by atoms with Gasteiger partial charge in [-0.25, -0.2) is 8.78 Å². The summed E-state index contributed by atoms with van der Waals surface area (Å²) in [5.74, 6) is -0.989. The minimum absolute atomic E-state index is 0.472. The molecular formula is C11H11F2NS. The van der Waals surface area contributed by atoms with Crippen molar-refractivity contribution in [1.29, 1.82) is 0 Å². The van der Waals surface area contributed by atoms with Crippen molar-refractivity contribution in [3.63, 3.8) is 0 Å². The quantitative estimate of drug-likeness (QED) is 0.830. The molecule has 4 heteroatoms. The lowest BCUT2D eigenvalue weighted by Crippen LogP contribution is -2.03. The van der Waals surface area contributed by atoms with Gasteiger partial charge in [0.05, 0.1) is 4.70 Å². The van der Waals surface area contributed by atoms with E-state index in [0.717, 1.165) is 16.5 Å². The molecule has 2 rings (SSSR count). The Morgan fingerprint density at radius 3 is 2.73 bits per heavy atom. The van der Waals surface area contributed by atoms with Gasteiger partial charge in [0, 0.05) is 22.9 Å². The molecule has 0 saturated carbocycles. The maximum Gasteiger partial charge on any atom is 0.143 e. The highest BCUT2D eigenvalue weighted by Crippen LogP contribution is 2.33. The predicted molar refractivity (Wildman–Crippen MR) is 59.2 cm³/mol. The van der Waals surface area contributed by atoms with Crippen molar-refractivity contribution in [2.45, 2.75) is 13.5 Å². The van der Waals surface area contributed by atoms with Gasteiger partial charge in [-0.3, -0.25) is 0 Å². The number of nitrogens with one attached hydrogen (secondary N) is 1. The number of hydrogen-bond donors (Lipinski definition) is 1. The molecule has 0 aliphatic carbocycles. The molecule has 0 amide bonds. The van der Waals surface area contributed by atoms with Gasteiger partial charge in [-0.15, -0.1) is 11.3 Å². The number of fused-ring (bicyclic) bond motifs is 1. The van der Waals surface area contributed by atoms with Crippen LogP contribution in [0, 0.1) is 18.6 Å². The van der Waals surface area contributed by atoms with Gasteiger partial charge in [0.1, 0.15) is 11.6 Å². The average molecular weight is 227 g/mol. The van der Waals surface area contributed by atoms with E-state index in [1.165, 1.54) is 17.4 Å². The van der Waals surface area contributed by atoms with Crippen LogP contribution in [0.2, 0.25) is 0 Å². The van der Waals surface area contributed by atoms with Gasteiger partial charge < -0.3 is 5.32 Å². The largest absolute Gasteiger partial charge is 0.315 e. The number of aryl methyl sites for hydroxylation is 1. The first-order chi connectivity index (χ1) is 7.13. The lowest BCUT2D eigenvalue weighted by Gasteiger charge is -1.96. The predicted octanol–water partition coefficient (Wildman–Crippen LogP) is 3.21.